The second kappa shape index (κ2) is 6.51. The van der Waals surface area contributed by atoms with Crippen molar-refractivity contribution in [2.24, 2.45) is 0 Å². The van der Waals surface area contributed by atoms with Gasteiger partial charge in [-0.2, -0.15) is 0 Å². The van der Waals surface area contributed by atoms with Gasteiger partial charge in [0.2, 0.25) is 5.91 Å². The van der Waals surface area contributed by atoms with Crippen LogP contribution in [-0.4, -0.2) is 57.8 Å². The maximum Gasteiger partial charge on any atom is 0.270 e. The molecule has 0 aromatic carbocycles. The van der Waals surface area contributed by atoms with E-state index in [1.54, 1.807) is 12.3 Å². The summed E-state index contributed by atoms with van der Waals surface area (Å²) in [5, 5.41) is 0. The van der Waals surface area contributed by atoms with E-state index in [2.05, 4.69) is 9.97 Å². The molecule has 116 valence electrons. The Morgan fingerprint density at radius 2 is 1.86 bits per heavy atom. The lowest BCUT2D eigenvalue weighted by Gasteiger charge is -2.21. The zero-order chi connectivity index (χ0) is 15.4. The van der Waals surface area contributed by atoms with Gasteiger partial charge in [0.15, 0.2) is 0 Å². The number of H-pyrrole nitrogens is 2. The van der Waals surface area contributed by atoms with Crippen LogP contribution in [0.25, 0.3) is 0 Å². The van der Waals surface area contributed by atoms with E-state index in [1.165, 1.54) is 0 Å². The topological polar surface area (TPSA) is 72.2 Å². The summed E-state index contributed by atoms with van der Waals surface area (Å²) in [5.41, 5.74) is 1.60. The van der Waals surface area contributed by atoms with Crippen molar-refractivity contribution in [1.82, 2.24) is 19.8 Å². The molecule has 0 bridgehead atoms. The minimum atomic E-state index is 0.00457. The molecule has 6 heteroatoms. The number of rotatable bonds is 3. The van der Waals surface area contributed by atoms with Crippen molar-refractivity contribution < 1.29 is 9.59 Å². The van der Waals surface area contributed by atoms with Crippen molar-refractivity contribution in [2.75, 3.05) is 26.2 Å². The fraction of sp³-hybridized carbons (Fsp3) is 0.375. The quantitative estimate of drug-likeness (QED) is 0.895. The maximum atomic E-state index is 12.3. The lowest BCUT2D eigenvalue weighted by molar-refractivity contribution is -0.130. The number of aromatic amines is 2. The molecule has 0 saturated carbocycles. The molecule has 0 spiro atoms. The van der Waals surface area contributed by atoms with E-state index in [0.717, 1.165) is 12.0 Å². The highest BCUT2D eigenvalue weighted by Crippen LogP contribution is 2.10. The lowest BCUT2D eigenvalue weighted by Crippen LogP contribution is -2.38. The Kier molecular flexibility index (Phi) is 4.27. The second-order valence-corrected chi connectivity index (χ2v) is 5.51. The molecule has 2 aromatic heterocycles. The summed E-state index contributed by atoms with van der Waals surface area (Å²) >= 11 is 0. The Morgan fingerprint density at radius 1 is 1.05 bits per heavy atom. The van der Waals surface area contributed by atoms with Gasteiger partial charge in [0.05, 0.1) is 6.42 Å². The highest BCUT2D eigenvalue weighted by molar-refractivity contribution is 5.92. The van der Waals surface area contributed by atoms with Gasteiger partial charge in [-0.1, -0.05) is 0 Å². The van der Waals surface area contributed by atoms with Crippen molar-refractivity contribution in [3.8, 4) is 0 Å². The second-order valence-electron chi connectivity index (χ2n) is 5.51. The maximum absolute atomic E-state index is 12.3. The largest absolute Gasteiger partial charge is 0.367 e. The predicted molar refractivity (Wildman–Crippen MR) is 82.4 cm³/mol. The molecule has 3 heterocycles. The normalized spacial score (nSPS) is 15.6. The highest BCUT2D eigenvalue weighted by Gasteiger charge is 2.23. The molecule has 6 nitrogen and oxygen atoms in total. The van der Waals surface area contributed by atoms with Crippen LogP contribution in [0.5, 0.6) is 0 Å². The van der Waals surface area contributed by atoms with Gasteiger partial charge in [0.25, 0.3) is 5.91 Å². The van der Waals surface area contributed by atoms with Gasteiger partial charge in [0, 0.05) is 44.8 Å². The van der Waals surface area contributed by atoms with Gasteiger partial charge >= 0.3 is 0 Å². The van der Waals surface area contributed by atoms with Gasteiger partial charge < -0.3 is 19.8 Å². The fourth-order valence-electron chi connectivity index (χ4n) is 2.76. The Bertz CT molecular complexity index is 619. The summed E-state index contributed by atoms with van der Waals surface area (Å²) in [6, 6.07) is 5.51. The van der Waals surface area contributed by atoms with Crippen LogP contribution in [0.2, 0.25) is 0 Å². The van der Waals surface area contributed by atoms with Crippen LogP contribution < -0.4 is 0 Å². The first kappa shape index (κ1) is 14.4. The van der Waals surface area contributed by atoms with E-state index < -0.39 is 0 Å². The van der Waals surface area contributed by atoms with Crippen molar-refractivity contribution in [3.63, 3.8) is 0 Å². The molecule has 1 aliphatic heterocycles. The van der Waals surface area contributed by atoms with Crippen molar-refractivity contribution in [2.45, 2.75) is 12.8 Å². The standard InChI is InChI=1S/C16H20N4O2/c21-15(11-13-4-6-17-12-13)19-7-2-8-20(10-9-19)16(22)14-3-1-5-18-14/h1,3-6,12,17-18H,2,7-11H2. The third-order valence-electron chi connectivity index (χ3n) is 3.98. The van der Waals surface area contributed by atoms with Crippen molar-refractivity contribution >= 4 is 11.8 Å². The lowest BCUT2D eigenvalue weighted by atomic mass is 10.2. The highest BCUT2D eigenvalue weighted by atomic mass is 16.2. The molecule has 1 saturated heterocycles. The van der Waals surface area contributed by atoms with Crippen LogP contribution >= 0.6 is 0 Å². The summed E-state index contributed by atoms with van der Waals surface area (Å²) < 4.78 is 0. The van der Waals surface area contributed by atoms with Crippen LogP contribution in [0.3, 0.4) is 0 Å². The molecule has 0 atom stereocenters. The van der Waals surface area contributed by atoms with Gasteiger partial charge in [-0.15, -0.1) is 0 Å². The number of aromatic nitrogens is 2. The molecule has 1 fully saturated rings. The van der Waals surface area contributed by atoms with Crippen LogP contribution in [0.4, 0.5) is 0 Å². The third-order valence-corrected chi connectivity index (χ3v) is 3.98. The molecule has 22 heavy (non-hydrogen) atoms. The molecule has 2 N–H and O–H groups in total. The van der Waals surface area contributed by atoms with Gasteiger partial charge in [-0.05, 0) is 30.2 Å². The van der Waals surface area contributed by atoms with E-state index in [9.17, 15) is 9.59 Å². The predicted octanol–water partition coefficient (Wildman–Crippen LogP) is 1.26. The average Bonchev–Trinajstić information content (AvgIpc) is 3.16. The van der Waals surface area contributed by atoms with Crippen molar-refractivity contribution in [1.29, 1.82) is 0 Å². The third kappa shape index (κ3) is 3.21. The minimum absolute atomic E-state index is 0.00457. The smallest absolute Gasteiger partial charge is 0.270 e. The number of hydrogen-bond acceptors (Lipinski definition) is 2. The SMILES string of the molecule is O=C(Cc1cc[nH]c1)N1CCCN(C(=O)c2ccc[nH]2)CC1. The molecule has 3 rings (SSSR count). The summed E-state index contributed by atoms with van der Waals surface area (Å²) in [5.74, 6) is 0.124. The van der Waals surface area contributed by atoms with E-state index >= 15 is 0 Å². The zero-order valence-corrected chi connectivity index (χ0v) is 12.4. The van der Waals surface area contributed by atoms with Crippen LogP contribution in [0.15, 0.2) is 36.8 Å². The zero-order valence-electron chi connectivity index (χ0n) is 12.4. The van der Waals surface area contributed by atoms with E-state index in [4.69, 9.17) is 0 Å². The molecule has 0 aliphatic carbocycles. The number of nitrogens with zero attached hydrogens (tertiary/aromatic N) is 2. The molecule has 0 unspecified atom stereocenters. The van der Waals surface area contributed by atoms with E-state index in [-0.39, 0.29) is 11.8 Å². The van der Waals surface area contributed by atoms with E-state index in [0.29, 0.717) is 38.3 Å². The monoisotopic (exact) mass is 300 g/mol. The first-order valence-corrected chi connectivity index (χ1v) is 7.56. The fourth-order valence-corrected chi connectivity index (χ4v) is 2.76. The van der Waals surface area contributed by atoms with Gasteiger partial charge in [0.1, 0.15) is 5.69 Å². The summed E-state index contributed by atoms with van der Waals surface area (Å²) in [4.78, 5) is 34.2. The summed E-state index contributed by atoms with van der Waals surface area (Å²) in [6.45, 7) is 2.57. The molecule has 2 aromatic rings. The Balaban J connectivity index is 1.57. The van der Waals surface area contributed by atoms with Gasteiger partial charge in [-0.3, -0.25) is 9.59 Å². The molecular formula is C16H20N4O2. The Hall–Kier alpha value is -2.50. The Labute approximate surface area is 129 Å². The molecule has 2 amide bonds. The molecule has 1 aliphatic rings. The first-order chi connectivity index (χ1) is 10.7. The molecule has 0 radical (unpaired) electrons. The van der Waals surface area contributed by atoms with Crippen LogP contribution in [0, 0.1) is 0 Å². The first-order valence-electron chi connectivity index (χ1n) is 7.56. The number of amides is 2. The van der Waals surface area contributed by atoms with E-state index in [1.807, 2.05) is 34.3 Å². The molecular weight excluding hydrogens is 280 g/mol. The van der Waals surface area contributed by atoms with Crippen LogP contribution in [-0.2, 0) is 11.2 Å². The number of nitrogens with one attached hydrogen (secondary N) is 2. The number of carbonyl (C=O) groups is 2. The average molecular weight is 300 g/mol. The summed E-state index contributed by atoms with van der Waals surface area (Å²) in [6.07, 6.45) is 6.63. The summed E-state index contributed by atoms with van der Waals surface area (Å²) in [7, 11) is 0. The number of carbonyl (C=O) groups excluding carboxylic acids is 2. The number of hydrogen-bond donors (Lipinski definition) is 2. The van der Waals surface area contributed by atoms with Crippen molar-refractivity contribution in [3.05, 3.63) is 48.0 Å². The Morgan fingerprint density at radius 3 is 2.59 bits per heavy atom. The van der Waals surface area contributed by atoms with Crippen LogP contribution in [0.1, 0.15) is 22.5 Å². The van der Waals surface area contributed by atoms with Gasteiger partial charge in [-0.25, -0.2) is 0 Å². The minimum Gasteiger partial charge on any atom is -0.367 e.